The number of carbonyl (C=O) groups is 2. The van der Waals surface area contributed by atoms with Gasteiger partial charge in [0.25, 0.3) is 0 Å². The second-order valence-electron chi connectivity index (χ2n) is 12.0. The quantitative estimate of drug-likeness (QED) is 0.0854. The Hall–Kier alpha value is -1.77. The van der Waals surface area contributed by atoms with Crippen LogP contribution in [-0.2, 0) is 20.9 Å². The van der Waals surface area contributed by atoms with Crippen molar-refractivity contribution in [3.05, 3.63) is 19.5 Å². The first kappa shape index (κ1) is 39.4. The molecule has 2 rings (SSSR count). The maximum atomic E-state index is 13.0. The lowest BCUT2D eigenvalue weighted by Gasteiger charge is -2.38. The minimum absolute atomic E-state index is 0.0977. The van der Waals surface area contributed by atoms with Crippen molar-refractivity contribution in [3.63, 3.8) is 0 Å². The Morgan fingerprint density at radius 2 is 1.51 bits per heavy atom. The van der Waals surface area contributed by atoms with E-state index in [1.54, 1.807) is 6.42 Å². The van der Waals surface area contributed by atoms with Crippen LogP contribution in [0.5, 0.6) is 0 Å². The molecule has 2 heterocycles. The highest BCUT2D eigenvalue weighted by Gasteiger charge is 2.43. The van der Waals surface area contributed by atoms with Gasteiger partial charge in [0.2, 0.25) is 11.8 Å². The number of nitrogens with zero attached hydrogens (tertiary/aromatic N) is 3. The van der Waals surface area contributed by atoms with Crippen LogP contribution in [0.25, 0.3) is 0 Å². The molecule has 1 aliphatic rings. The number of hydrogen-bond acceptors (Lipinski definition) is 10. The Balaban J connectivity index is 1.65. The van der Waals surface area contributed by atoms with E-state index in [1.165, 1.54) is 99.7 Å². The summed E-state index contributed by atoms with van der Waals surface area (Å²) in [6.45, 7) is 5.86. The third-order valence-corrected chi connectivity index (χ3v) is 9.06. The summed E-state index contributed by atoms with van der Waals surface area (Å²) in [5, 5.41) is 52.7. The number of thioether (sulfide) groups is 1. The largest absolute Gasteiger partial charge is 0.388 e. The van der Waals surface area contributed by atoms with Gasteiger partial charge in [0.1, 0.15) is 30.5 Å². The molecule has 6 N–H and O–H groups in total. The lowest BCUT2D eigenvalue weighted by molar-refractivity contribution is -0.284. The Morgan fingerprint density at radius 3 is 2.09 bits per heavy atom. The average Bonchev–Trinajstić information content (AvgIpc) is 3.46. The van der Waals surface area contributed by atoms with Crippen LogP contribution in [0.1, 0.15) is 110 Å². The molecule has 1 aromatic rings. The number of aromatic nitrogens is 3. The molecule has 45 heavy (non-hydrogen) atoms. The van der Waals surface area contributed by atoms with E-state index < -0.39 is 42.7 Å². The number of hydrogen-bond donors (Lipinski definition) is 6. The molecule has 1 fully saturated rings. The predicted octanol–water partition coefficient (Wildman–Crippen LogP) is 3.53. The van der Waals surface area contributed by atoms with Crippen molar-refractivity contribution < 1.29 is 34.8 Å². The van der Waals surface area contributed by atoms with E-state index in [9.17, 15) is 30.0 Å². The fourth-order valence-corrected chi connectivity index (χ4v) is 6.07. The van der Waals surface area contributed by atoms with Gasteiger partial charge in [-0.25, -0.2) is 4.68 Å². The number of amides is 2. The van der Waals surface area contributed by atoms with Crippen molar-refractivity contribution in [1.82, 2.24) is 20.3 Å². The van der Waals surface area contributed by atoms with Crippen LogP contribution in [0.2, 0.25) is 0 Å². The smallest absolute Gasteiger partial charge is 0.249 e. The first-order chi connectivity index (χ1) is 21.8. The maximum absolute atomic E-state index is 13.0. The van der Waals surface area contributed by atoms with E-state index in [1.807, 2.05) is 0 Å². The van der Waals surface area contributed by atoms with Gasteiger partial charge in [0.15, 0.2) is 12.1 Å². The van der Waals surface area contributed by atoms with Crippen molar-refractivity contribution in [3.8, 4) is 0 Å². The van der Waals surface area contributed by atoms with Crippen molar-refractivity contribution in [1.29, 1.82) is 0 Å². The number of anilines is 1. The Morgan fingerprint density at radius 1 is 0.933 bits per heavy atom. The van der Waals surface area contributed by atoms with Gasteiger partial charge in [-0.2, -0.15) is 11.8 Å². The van der Waals surface area contributed by atoms with E-state index in [4.69, 9.17) is 4.74 Å². The van der Waals surface area contributed by atoms with Gasteiger partial charge in [0, 0.05) is 12.2 Å². The monoisotopic (exact) mass is 655 g/mol. The summed E-state index contributed by atoms with van der Waals surface area (Å²) in [5.74, 6) is 0.505. The van der Waals surface area contributed by atoms with Crippen molar-refractivity contribution in [2.75, 3.05) is 16.8 Å². The Kier molecular flexibility index (Phi) is 20.6. The topological polar surface area (TPSA) is 179 Å². The van der Waals surface area contributed by atoms with E-state index in [0.29, 0.717) is 17.9 Å². The van der Waals surface area contributed by atoms with Crippen LogP contribution in [-0.4, -0.2) is 95.5 Å². The third kappa shape index (κ3) is 16.1. The molecule has 13 heteroatoms. The van der Waals surface area contributed by atoms with Crippen LogP contribution >= 0.6 is 11.8 Å². The molecule has 2 amide bonds. The molecule has 5 unspecified atom stereocenters. The average molecular weight is 656 g/mol. The number of aliphatic hydroxyl groups excluding tert-OH is 4. The first-order valence-corrected chi connectivity index (χ1v) is 18.0. The van der Waals surface area contributed by atoms with Gasteiger partial charge in [-0.1, -0.05) is 102 Å². The number of unbranched alkanes of at least 4 members (excludes halogenated alkanes) is 14. The molecule has 1 saturated heterocycles. The standard InChI is InChI=1S/C32H57N5O7S/c1-3-5-6-7-8-9-10-11-12-13-14-15-16-17-18-19-27(38)33-24(23-45-20-4-2)31(42)34-26-22-37(36-35-26)21-25-28(39)29(40)30(41)32(43)44-25/h4,22,24-25,28-30,32,39-41,43H,2-3,5-21,23H2,1H3,(H,33,38)(H,34,42)/t24-,25?,28?,29?,30?,32?/m1/s1. The van der Waals surface area contributed by atoms with Gasteiger partial charge < -0.3 is 35.8 Å². The molecule has 1 aliphatic heterocycles. The molecule has 6 atom stereocenters. The Bertz CT molecular complexity index is 939. The van der Waals surface area contributed by atoms with Gasteiger partial charge in [-0.05, 0) is 25.5 Å². The molecule has 0 bridgehead atoms. The minimum Gasteiger partial charge on any atom is -0.388 e. The predicted molar refractivity (Wildman–Crippen MR) is 176 cm³/mol. The normalized spacial score (nSPS) is 22.3. The zero-order valence-corrected chi connectivity index (χ0v) is 27.8. The summed E-state index contributed by atoms with van der Waals surface area (Å²) in [5.41, 5.74) is 0. The fraction of sp³-hybridized carbons (Fsp3) is 0.812. The molecule has 12 nitrogen and oxygen atoms in total. The first-order valence-electron chi connectivity index (χ1n) is 16.8. The van der Waals surface area contributed by atoms with Gasteiger partial charge >= 0.3 is 0 Å². The molecule has 1 aromatic heterocycles. The summed E-state index contributed by atoms with van der Waals surface area (Å²) < 4.78 is 6.44. The molecule has 0 saturated carbocycles. The van der Waals surface area contributed by atoms with Crippen LogP contribution in [0, 0.1) is 13.3 Å². The van der Waals surface area contributed by atoms with E-state index >= 15 is 0 Å². The van der Waals surface area contributed by atoms with Crippen molar-refractivity contribution in [2.24, 2.45) is 0 Å². The second-order valence-corrected chi connectivity index (χ2v) is 13.1. The third-order valence-electron chi connectivity index (χ3n) is 8.02. The number of ether oxygens (including phenoxy) is 1. The zero-order chi connectivity index (χ0) is 32.9. The summed E-state index contributed by atoms with van der Waals surface area (Å²) in [7, 11) is 0. The number of carbonyl (C=O) groups excluding carboxylic acids is 2. The highest BCUT2D eigenvalue weighted by Crippen LogP contribution is 2.21. The molecule has 258 valence electrons. The zero-order valence-electron chi connectivity index (χ0n) is 27.0. The summed E-state index contributed by atoms with van der Waals surface area (Å²) in [4.78, 5) is 25.7. The molecule has 0 spiro atoms. The molecular formula is C32H57N5O7S. The minimum atomic E-state index is -1.66. The lowest BCUT2D eigenvalue weighted by Crippen LogP contribution is -2.58. The van der Waals surface area contributed by atoms with E-state index in [2.05, 4.69) is 34.8 Å². The molecular weight excluding hydrogens is 598 g/mol. The number of rotatable bonds is 25. The number of nitrogens with one attached hydrogen (secondary N) is 2. The molecule has 0 aromatic carbocycles. The van der Waals surface area contributed by atoms with Crippen LogP contribution < -0.4 is 10.6 Å². The lowest BCUT2D eigenvalue weighted by atomic mass is 9.99. The molecule has 2 radical (unpaired) electrons. The van der Waals surface area contributed by atoms with Crippen molar-refractivity contribution in [2.45, 2.75) is 153 Å². The summed E-state index contributed by atoms with van der Waals surface area (Å²) in [6, 6.07) is -0.778. The highest BCUT2D eigenvalue weighted by molar-refractivity contribution is 7.99. The van der Waals surface area contributed by atoms with Gasteiger partial charge in [-0.15, -0.1) is 5.10 Å². The molecule has 0 aliphatic carbocycles. The second kappa shape index (κ2) is 23.5. The van der Waals surface area contributed by atoms with Crippen molar-refractivity contribution >= 4 is 29.4 Å². The van der Waals surface area contributed by atoms with Crippen LogP contribution in [0.3, 0.4) is 0 Å². The van der Waals surface area contributed by atoms with Gasteiger partial charge in [-0.3, -0.25) is 9.59 Å². The summed E-state index contributed by atoms with van der Waals surface area (Å²) >= 11 is 1.47. The Labute approximate surface area is 273 Å². The fourth-order valence-electron chi connectivity index (χ4n) is 5.30. The number of aliphatic hydroxyl groups is 4. The van der Waals surface area contributed by atoms with Gasteiger partial charge in [0.05, 0.1) is 12.7 Å². The SMILES string of the molecule is [CH2][CH]CSC[C@@H](NC(=O)CCCCCCCCCCCCCCCCC)C(=O)Nc1cn(CC2OC(O)C(O)C(O)C2O)nn1. The van der Waals surface area contributed by atoms with Crippen LogP contribution in [0.4, 0.5) is 5.82 Å². The van der Waals surface area contributed by atoms with Crippen LogP contribution in [0.15, 0.2) is 6.20 Å². The highest BCUT2D eigenvalue weighted by atomic mass is 32.2. The summed E-state index contributed by atoms with van der Waals surface area (Å²) in [6.07, 6.45) is 14.9. The van der Waals surface area contributed by atoms with E-state index in [0.717, 1.165) is 19.3 Å². The maximum Gasteiger partial charge on any atom is 0.249 e. The van der Waals surface area contributed by atoms with E-state index in [-0.39, 0.29) is 18.3 Å².